The molecule has 0 radical (unpaired) electrons. The second-order valence-electron chi connectivity index (χ2n) is 10.2. The molecule has 0 saturated heterocycles. The number of fused-ring (bicyclic) bond motifs is 1. The average molecular weight is 733 g/mol. The van der Waals surface area contributed by atoms with Crippen molar-refractivity contribution in [1.29, 1.82) is 0 Å². The lowest BCUT2D eigenvalue weighted by Crippen LogP contribution is -2.60. The van der Waals surface area contributed by atoms with Crippen molar-refractivity contribution in [2.24, 2.45) is 0 Å². The van der Waals surface area contributed by atoms with Crippen LogP contribution in [0.3, 0.4) is 0 Å². The highest BCUT2D eigenvalue weighted by molar-refractivity contribution is 7.92. The fourth-order valence-corrected chi connectivity index (χ4v) is 6.20. The Morgan fingerprint density at radius 1 is 0.979 bits per heavy atom. The molecule has 1 aliphatic heterocycles. The molecule has 2 amide bonds. The second-order valence-corrected chi connectivity index (χ2v) is 13.8. The number of hydrogen-bond donors (Lipinski definition) is 1. The molecule has 0 spiro atoms. The third kappa shape index (κ3) is 7.60. The van der Waals surface area contributed by atoms with Gasteiger partial charge in [0.2, 0.25) is 5.91 Å². The molecule has 2 aromatic carbocycles. The van der Waals surface area contributed by atoms with Gasteiger partial charge in [-0.1, -0.05) is 0 Å². The van der Waals surface area contributed by atoms with Crippen LogP contribution in [0.2, 0.25) is 0 Å². The van der Waals surface area contributed by atoms with Crippen molar-refractivity contribution in [3.8, 4) is 5.75 Å². The molecule has 2 aromatic rings. The molecule has 0 fully saturated rings. The number of carboxylic acid groups (broad SMARTS) is 1. The van der Waals surface area contributed by atoms with Crippen molar-refractivity contribution < 1.29 is 80.2 Å². The SMILES string of the molecule is CC(C)(N(C(=O)[O-])c1ccc2c(c1)N(S(=O)(=O)c1ccc(F)c(C(F)(F)F)c1)C[C@H](CCC(=O)NS(=O)(=O)C(F)(F)F)O2)C(F)(F)F. The lowest BCUT2D eigenvalue weighted by molar-refractivity contribution is -0.254. The summed E-state index contributed by atoms with van der Waals surface area (Å²) in [5.74, 6) is -4.19. The standard InChI is InChI=1S/C24H21F10N3O8S2/c1-21(2,23(29,30)31)37(20(39)40)12-3-7-18-17(9-12)36(46(41,42)14-5-6-16(25)15(10-14)22(26,27)28)11-13(45-18)4-8-19(38)35-47(43,44)24(32,33)34/h3,5-7,9-10,13H,4,8,11H2,1-2H3,(H,35,38)(H,39,40)/p-1/t13-/m0/s1. The first kappa shape index (κ1) is 37.4. The van der Waals surface area contributed by atoms with Crippen LogP contribution in [0.1, 0.15) is 32.3 Å². The van der Waals surface area contributed by atoms with Gasteiger partial charge in [0.05, 0.1) is 22.7 Å². The molecule has 1 N–H and O–H groups in total. The monoisotopic (exact) mass is 732 g/mol. The molecular formula is C24H20F10N3O8S2-. The molecule has 0 saturated carbocycles. The molecule has 11 nitrogen and oxygen atoms in total. The van der Waals surface area contributed by atoms with Gasteiger partial charge in [0.15, 0.2) is 0 Å². The van der Waals surface area contributed by atoms with E-state index >= 15 is 0 Å². The summed E-state index contributed by atoms with van der Waals surface area (Å²) in [4.78, 5) is 22.3. The summed E-state index contributed by atoms with van der Waals surface area (Å²) < 4.78 is 189. The largest absolute Gasteiger partial charge is 0.530 e. The lowest BCUT2D eigenvalue weighted by atomic mass is 10.0. The maximum atomic E-state index is 13.9. The minimum absolute atomic E-state index is 0.103. The third-order valence-electron chi connectivity index (χ3n) is 6.65. The van der Waals surface area contributed by atoms with Crippen molar-refractivity contribution in [1.82, 2.24) is 4.72 Å². The van der Waals surface area contributed by atoms with E-state index < -0.39 is 114 Å². The van der Waals surface area contributed by atoms with Gasteiger partial charge in [-0.3, -0.25) is 9.10 Å². The van der Waals surface area contributed by atoms with Crippen LogP contribution >= 0.6 is 0 Å². The van der Waals surface area contributed by atoms with Crippen molar-refractivity contribution in [2.75, 3.05) is 15.7 Å². The summed E-state index contributed by atoms with van der Waals surface area (Å²) >= 11 is 0. The summed E-state index contributed by atoms with van der Waals surface area (Å²) in [6.07, 6.45) is -16.4. The van der Waals surface area contributed by atoms with Gasteiger partial charge in [-0.15, -0.1) is 0 Å². The Balaban J connectivity index is 2.13. The number of nitrogens with zero attached hydrogens (tertiary/aromatic N) is 2. The van der Waals surface area contributed by atoms with Gasteiger partial charge in [0.1, 0.15) is 29.3 Å². The highest BCUT2D eigenvalue weighted by atomic mass is 32.2. The normalized spacial score (nSPS) is 16.3. The minimum Gasteiger partial charge on any atom is -0.530 e. The Morgan fingerprint density at radius 3 is 2.09 bits per heavy atom. The van der Waals surface area contributed by atoms with Crippen molar-refractivity contribution in [2.45, 2.75) is 61.1 Å². The number of nitrogens with one attached hydrogen (secondary N) is 1. The van der Waals surface area contributed by atoms with Gasteiger partial charge >= 0.3 is 27.9 Å². The maximum Gasteiger partial charge on any atom is 0.516 e. The number of anilines is 2. The van der Waals surface area contributed by atoms with Gasteiger partial charge < -0.3 is 19.5 Å². The Labute approximate surface area is 258 Å². The first-order valence-corrected chi connectivity index (χ1v) is 15.4. The van der Waals surface area contributed by atoms with Crippen molar-refractivity contribution in [3.05, 3.63) is 47.8 Å². The Kier molecular flexibility index (Phi) is 9.73. The highest BCUT2D eigenvalue weighted by Crippen LogP contribution is 2.44. The zero-order valence-electron chi connectivity index (χ0n) is 23.4. The summed E-state index contributed by atoms with van der Waals surface area (Å²) in [5.41, 5.74) is -12.7. The molecule has 0 unspecified atom stereocenters. The molecule has 1 aliphatic rings. The Bertz CT molecular complexity index is 1780. The molecule has 3 rings (SSSR count). The van der Waals surface area contributed by atoms with Crippen LogP contribution in [0.4, 0.5) is 60.1 Å². The fourth-order valence-electron chi connectivity index (χ4n) is 4.16. The molecule has 1 atom stereocenters. The number of ether oxygens (including phenoxy) is 1. The summed E-state index contributed by atoms with van der Waals surface area (Å²) in [6, 6.07) is 2.46. The molecule has 23 heteroatoms. The second kappa shape index (κ2) is 12.2. The number of rotatable bonds is 8. The zero-order chi connectivity index (χ0) is 36.1. The Hall–Kier alpha value is -4.02. The van der Waals surface area contributed by atoms with E-state index in [1.807, 2.05) is 0 Å². The first-order valence-electron chi connectivity index (χ1n) is 12.5. The Morgan fingerprint density at radius 2 is 1.57 bits per heavy atom. The lowest BCUT2D eigenvalue weighted by Gasteiger charge is -2.42. The minimum atomic E-state index is -6.14. The molecule has 262 valence electrons. The number of hydrogen-bond acceptors (Lipinski definition) is 8. The first-order chi connectivity index (χ1) is 21.1. The van der Waals surface area contributed by atoms with Gasteiger partial charge in [0.25, 0.3) is 10.0 Å². The van der Waals surface area contributed by atoms with Crippen molar-refractivity contribution >= 4 is 43.4 Å². The van der Waals surface area contributed by atoms with E-state index in [0.717, 1.165) is 10.8 Å². The van der Waals surface area contributed by atoms with Crippen LogP contribution in [0.5, 0.6) is 5.75 Å². The molecule has 0 aliphatic carbocycles. The summed E-state index contributed by atoms with van der Waals surface area (Å²) in [5, 5.41) is 11.8. The van der Waals surface area contributed by atoms with Crippen LogP contribution in [0.15, 0.2) is 41.3 Å². The number of amides is 2. The number of benzene rings is 2. The van der Waals surface area contributed by atoms with Crippen LogP contribution in [0, 0.1) is 5.82 Å². The smallest absolute Gasteiger partial charge is 0.516 e. The number of carbonyl (C=O) groups is 2. The number of sulfonamides is 2. The van der Waals surface area contributed by atoms with Crippen LogP contribution < -0.4 is 23.8 Å². The van der Waals surface area contributed by atoms with Gasteiger partial charge in [-0.25, -0.2) is 17.5 Å². The predicted molar refractivity (Wildman–Crippen MR) is 137 cm³/mol. The van der Waals surface area contributed by atoms with Crippen LogP contribution in [0.25, 0.3) is 0 Å². The topological polar surface area (TPSA) is 153 Å². The third-order valence-corrected chi connectivity index (χ3v) is 9.53. The number of carbonyl (C=O) groups excluding carboxylic acids is 2. The fraction of sp³-hybridized carbons (Fsp3) is 0.417. The molecular weight excluding hydrogens is 712 g/mol. The quantitative estimate of drug-likeness (QED) is 0.400. The van der Waals surface area contributed by atoms with Gasteiger partial charge in [0, 0.05) is 12.1 Å². The van der Waals surface area contributed by atoms with Crippen molar-refractivity contribution in [3.63, 3.8) is 0 Å². The van der Waals surface area contributed by atoms with Gasteiger partial charge in [-0.2, -0.15) is 47.9 Å². The van der Waals surface area contributed by atoms with E-state index in [1.165, 1.54) is 0 Å². The van der Waals surface area contributed by atoms with Gasteiger partial charge in [-0.05, 0) is 56.7 Å². The molecule has 47 heavy (non-hydrogen) atoms. The van der Waals surface area contributed by atoms with E-state index in [0.29, 0.717) is 32.0 Å². The number of alkyl halides is 9. The van der Waals surface area contributed by atoms with Crippen LogP contribution in [-0.2, 0) is 31.0 Å². The molecule has 1 heterocycles. The van der Waals surface area contributed by atoms with Crippen LogP contribution in [-0.4, -0.2) is 58.7 Å². The van der Waals surface area contributed by atoms with E-state index in [-0.39, 0.29) is 21.3 Å². The zero-order valence-corrected chi connectivity index (χ0v) is 25.1. The highest BCUT2D eigenvalue weighted by Gasteiger charge is 2.53. The average Bonchev–Trinajstić information content (AvgIpc) is 2.89. The van der Waals surface area contributed by atoms with E-state index in [2.05, 4.69) is 0 Å². The molecule has 0 aromatic heterocycles. The van der Waals surface area contributed by atoms with E-state index in [1.54, 1.807) is 0 Å². The summed E-state index contributed by atoms with van der Waals surface area (Å²) in [6.45, 7) is -0.153. The van der Waals surface area contributed by atoms with E-state index in [9.17, 15) is 75.4 Å². The van der Waals surface area contributed by atoms with E-state index in [4.69, 9.17) is 4.74 Å². The maximum absolute atomic E-state index is 13.9. The predicted octanol–water partition coefficient (Wildman–Crippen LogP) is 4.04. The number of halogens is 10. The molecule has 0 bridgehead atoms. The summed E-state index contributed by atoms with van der Waals surface area (Å²) in [7, 11) is -11.4.